The standard InChI is InChI=1S/C21H24BrN3O2S/c22-14-6-8-15(9-7-14)23-20(27)19-16-4-3-5-17(16)28-21(19)24-18(26)10-13-25-11-1-2-12-25/h6-9H,1-5,10-13H2,(H,23,27)(H,24,26). The molecule has 0 saturated carbocycles. The number of nitrogens with zero attached hydrogens (tertiary/aromatic N) is 1. The Morgan fingerprint density at radius 2 is 1.79 bits per heavy atom. The summed E-state index contributed by atoms with van der Waals surface area (Å²) in [6.45, 7) is 2.96. The fraction of sp³-hybridized carbons (Fsp3) is 0.429. The second-order valence-electron chi connectivity index (χ2n) is 7.37. The molecular formula is C21H24BrN3O2S. The number of carbonyl (C=O) groups is 2. The summed E-state index contributed by atoms with van der Waals surface area (Å²) in [5.74, 6) is -0.152. The van der Waals surface area contributed by atoms with Gasteiger partial charge in [-0.3, -0.25) is 9.59 Å². The van der Waals surface area contributed by atoms with E-state index >= 15 is 0 Å². The van der Waals surface area contributed by atoms with Crippen LogP contribution in [-0.2, 0) is 17.6 Å². The lowest BCUT2D eigenvalue weighted by molar-refractivity contribution is -0.116. The van der Waals surface area contributed by atoms with Crippen molar-refractivity contribution < 1.29 is 9.59 Å². The van der Waals surface area contributed by atoms with E-state index in [1.54, 1.807) is 11.3 Å². The maximum Gasteiger partial charge on any atom is 0.258 e. The third-order valence-corrected chi connectivity index (χ3v) is 7.09. The van der Waals surface area contributed by atoms with E-state index in [-0.39, 0.29) is 11.8 Å². The van der Waals surface area contributed by atoms with Crippen LogP contribution in [0.5, 0.6) is 0 Å². The number of aryl methyl sites for hydroxylation is 1. The number of benzene rings is 1. The van der Waals surface area contributed by atoms with Gasteiger partial charge in [0.05, 0.1) is 5.56 Å². The SMILES string of the molecule is O=C(CCN1CCCC1)Nc1sc2c(c1C(=O)Nc1ccc(Br)cc1)CCC2. The molecule has 4 rings (SSSR count). The quantitative estimate of drug-likeness (QED) is 0.656. The number of likely N-dealkylation sites (tertiary alicyclic amines) is 1. The van der Waals surface area contributed by atoms with Gasteiger partial charge in [-0.05, 0) is 75.0 Å². The summed E-state index contributed by atoms with van der Waals surface area (Å²) in [5.41, 5.74) is 2.50. The maximum atomic E-state index is 13.0. The first-order valence-electron chi connectivity index (χ1n) is 9.84. The molecule has 2 heterocycles. The maximum absolute atomic E-state index is 13.0. The van der Waals surface area contributed by atoms with Crippen molar-refractivity contribution in [1.29, 1.82) is 0 Å². The highest BCUT2D eigenvalue weighted by atomic mass is 79.9. The van der Waals surface area contributed by atoms with Crippen molar-refractivity contribution in [3.63, 3.8) is 0 Å². The highest BCUT2D eigenvalue weighted by molar-refractivity contribution is 9.10. The molecule has 2 N–H and O–H groups in total. The van der Waals surface area contributed by atoms with Crippen LogP contribution in [0, 0.1) is 0 Å². The van der Waals surface area contributed by atoms with Crippen LogP contribution in [0.25, 0.3) is 0 Å². The number of anilines is 2. The lowest BCUT2D eigenvalue weighted by Crippen LogP contribution is -2.25. The van der Waals surface area contributed by atoms with Crippen LogP contribution in [0.1, 0.15) is 46.5 Å². The molecule has 1 aromatic heterocycles. The first kappa shape index (κ1) is 19.6. The molecule has 2 aliphatic rings. The van der Waals surface area contributed by atoms with Crippen molar-refractivity contribution in [1.82, 2.24) is 4.90 Å². The zero-order chi connectivity index (χ0) is 19.5. The first-order valence-corrected chi connectivity index (χ1v) is 11.4. The van der Waals surface area contributed by atoms with Gasteiger partial charge in [0.25, 0.3) is 5.91 Å². The van der Waals surface area contributed by atoms with E-state index in [1.165, 1.54) is 17.7 Å². The third-order valence-electron chi connectivity index (χ3n) is 5.36. The highest BCUT2D eigenvalue weighted by Crippen LogP contribution is 2.39. The number of rotatable bonds is 6. The zero-order valence-electron chi connectivity index (χ0n) is 15.7. The molecule has 1 aromatic carbocycles. The summed E-state index contributed by atoms with van der Waals surface area (Å²) in [6.07, 6.45) is 5.87. The van der Waals surface area contributed by atoms with E-state index in [0.717, 1.165) is 54.6 Å². The summed E-state index contributed by atoms with van der Waals surface area (Å²) in [6, 6.07) is 7.52. The van der Waals surface area contributed by atoms with Crippen LogP contribution in [-0.4, -0.2) is 36.3 Å². The molecule has 0 atom stereocenters. The van der Waals surface area contributed by atoms with Gasteiger partial charge in [0.1, 0.15) is 5.00 Å². The Kier molecular flexibility index (Phi) is 6.13. The van der Waals surface area contributed by atoms with Crippen molar-refractivity contribution >= 4 is 49.8 Å². The van der Waals surface area contributed by atoms with Crippen LogP contribution >= 0.6 is 27.3 Å². The molecule has 148 valence electrons. The molecule has 1 saturated heterocycles. The molecule has 1 fully saturated rings. The van der Waals surface area contributed by atoms with Crippen molar-refractivity contribution in [3.8, 4) is 0 Å². The number of carbonyl (C=O) groups excluding carboxylic acids is 2. The molecule has 0 radical (unpaired) electrons. The Hall–Kier alpha value is -1.70. The van der Waals surface area contributed by atoms with Crippen LogP contribution in [0.15, 0.2) is 28.7 Å². The van der Waals surface area contributed by atoms with Crippen molar-refractivity contribution in [2.45, 2.75) is 38.5 Å². The van der Waals surface area contributed by atoms with E-state index in [9.17, 15) is 9.59 Å². The van der Waals surface area contributed by atoms with Gasteiger partial charge >= 0.3 is 0 Å². The van der Waals surface area contributed by atoms with E-state index < -0.39 is 0 Å². The Balaban J connectivity index is 1.47. The average molecular weight is 462 g/mol. The van der Waals surface area contributed by atoms with E-state index in [4.69, 9.17) is 0 Å². The number of amides is 2. The monoisotopic (exact) mass is 461 g/mol. The first-order chi connectivity index (χ1) is 13.6. The number of thiophene rings is 1. The molecule has 1 aliphatic carbocycles. The molecule has 2 amide bonds. The number of nitrogens with one attached hydrogen (secondary N) is 2. The predicted molar refractivity (Wildman–Crippen MR) is 117 cm³/mol. The van der Waals surface area contributed by atoms with Crippen LogP contribution in [0.4, 0.5) is 10.7 Å². The second-order valence-corrected chi connectivity index (χ2v) is 9.39. The number of halogens is 1. The molecule has 0 unspecified atom stereocenters. The summed E-state index contributed by atoms with van der Waals surface area (Å²) in [7, 11) is 0. The van der Waals surface area contributed by atoms with Gasteiger partial charge in [-0.25, -0.2) is 0 Å². The van der Waals surface area contributed by atoms with Crippen LogP contribution in [0.2, 0.25) is 0 Å². The lowest BCUT2D eigenvalue weighted by Gasteiger charge is -2.14. The van der Waals surface area contributed by atoms with Gasteiger partial charge in [0, 0.05) is 28.0 Å². The summed E-state index contributed by atoms with van der Waals surface area (Å²) >= 11 is 4.97. The van der Waals surface area contributed by atoms with E-state index in [0.29, 0.717) is 17.0 Å². The third kappa shape index (κ3) is 4.47. The van der Waals surface area contributed by atoms with Crippen molar-refractivity contribution in [2.75, 3.05) is 30.3 Å². The predicted octanol–water partition coefficient (Wildman–Crippen LogP) is 4.68. The molecule has 0 spiro atoms. The number of hydrogen-bond acceptors (Lipinski definition) is 4. The molecule has 0 bridgehead atoms. The summed E-state index contributed by atoms with van der Waals surface area (Å²) in [5, 5.41) is 6.70. The molecule has 5 nitrogen and oxygen atoms in total. The molecular weight excluding hydrogens is 438 g/mol. The topological polar surface area (TPSA) is 61.4 Å². The zero-order valence-corrected chi connectivity index (χ0v) is 18.1. The Bertz CT molecular complexity index is 873. The van der Waals surface area contributed by atoms with Gasteiger partial charge < -0.3 is 15.5 Å². The largest absolute Gasteiger partial charge is 0.322 e. The van der Waals surface area contributed by atoms with E-state index in [1.807, 2.05) is 24.3 Å². The summed E-state index contributed by atoms with van der Waals surface area (Å²) in [4.78, 5) is 29.1. The minimum atomic E-state index is -0.142. The fourth-order valence-corrected chi connectivity index (χ4v) is 5.48. The normalized spacial score (nSPS) is 16.2. The van der Waals surface area contributed by atoms with Gasteiger partial charge in [0.2, 0.25) is 5.91 Å². The Morgan fingerprint density at radius 1 is 1.04 bits per heavy atom. The van der Waals surface area contributed by atoms with Gasteiger partial charge in [0.15, 0.2) is 0 Å². The average Bonchev–Trinajstić information content (AvgIpc) is 3.39. The lowest BCUT2D eigenvalue weighted by atomic mass is 10.1. The van der Waals surface area contributed by atoms with Gasteiger partial charge in [-0.15, -0.1) is 11.3 Å². The number of hydrogen-bond donors (Lipinski definition) is 2. The number of fused-ring (bicyclic) bond motifs is 1. The smallest absolute Gasteiger partial charge is 0.258 e. The summed E-state index contributed by atoms with van der Waals surface area (Å²) < 4.78 is 0.966. The second kappa shape index (κ2) is 8.76. The minimum Gasteiger partial charge on any atom is -0.322 e. The van der Waals surface area contributed by atoms with Gasteiger partial charge in [-0.1, -0.05) is 15.9 Å². The molecule has 28 heavy (non-hydrogen) atoms. The van der Waals surface area contributed by atoms with Crippen LogP contribution < -0.4 is 10.6 Å². The molecule has 7 heteroatoms. The van der Waals surface area contributed by atoms with Crippen molar-refractivity contribution in [3.05, 3.63) is 44.7 Å². The minimum absolute atomic E-state index is 0.00971. The van der Waals surface area contributed by atoms with E-state index in [2.05, 4.69) is 31.5 Å². The van der Waals surface area contributed by atoms with Crippen molar-refractivity contribution in [2.24, 2.45) is 0 Å². The fourth-order valence-electron chi connectivity index (χ4n) is 3.91. The molecule has 1 aliphatic heterocycles. The Morgan fingerprint density at radius 3 is 2.54 bits per heavy atom. The highest BCUT2D eigenvalue weighted by Gasteiger charge is 2.27. The van der Waals surface area contributed by atoms with Gasteiger partial charge in [-0.2, -0.15) is 0 Å². The van der Waals surface area contributed by atoms with Crippen LogP contribution in [0.3, 0.4) is 0 Å². The Labute approximate surface area is 177 Å². The molecule has 2 aromatic rings.